The van der Waals surface area contributed by atoms with E-state index in [0.717, 1.165) is 76.9 Å². The fourth-order valence-electron chi connectivity index (χ4n) is 4.01. The van der Waals surface area contributed by atoms with Crippen LogP contribution in [-0.2, 0) is 11.3 Å². The molecule has 1 aromatic heterocycles. The van der Waals surface area contributed by atoms with Crippen molar-refractivity contribution in [2.75, 3.05) is 57.3 Å². The molecule has 7 nitrogen and oxygen atoms in total. The van der Waals surface area contributed by atoms with E-state index in [0.29, 0.717) is 0 Å². The lowest BCUT2D eigenvalue weighted by atomic mass is 10.2. The Bertz CT molecular complexity index is 699. The van der Waals surface area contributed by atoms with Gasteiger partial charge in [0.25, 0.3) is 0 Å². The largest absolute Gasteiger partial charge is 0.376 e. The van der Waals surface area contributed by atoms with Gasteiger partial charge in [-0.05, 0) is 24.1 Å². The highest BCUT2D eigenvalue weighted by molar-refractivity contribution is 5.41. The Labute approximate surface area is 160 Å². The minimum atomic E-state index is 0.276. The SMILES string of the molecule is Cc1nonc1N1CCN(CC2CN(Cc3ccccc3)CCCO2)CC1. The number of ether oxygens (including phenoxy) is 1. The van der Waals surface area contributed by atoms with Crippen LogP contribution in [0.3, 0.4) is 0 Å². The van der Waals surface area contributed by atoms with Crippen molar-refractivity contribution in [2.24, 2.45) is 0 Å². The maximum Gasteiger partial charge on any atom is 0.196 e. The van der Waals surface area contributed by atoms with E-state index < -0.39 is 0 Å². The van der Waals surface area contributed by atoms with Crippen molar-refractivity contribution in [3.05, 3.63) is 41.6 Å². The van der Waals surface area contributed by atoms with Gasteiger partial charge in [-0.3, -0.25) is 9.80 Å². The molecule has 2 saturated heterocycles. The van der Waals surface area contributed by atoms with Gasteiger partial charge in [0.1, 0.15) is 5.69 Å². The second-order valence-electron chi connectivity index (χ2n) is 7.53. The van der Waals surface area contributed by atoms with E-state index in [9.17, 15) is 0 Å². The molecule has 1 unspecified atom stereocenters. The van der Waals surface area contributed by atoms with Crippen molar-refractivity contribution < 1.29 is 9.37 Å². The lowest BCUT2D eigenvalue weighted by molar-refractivity contribution is 0.0245. The van der Waals surface area contributed by atoms with Gasteiger partial charge in [-0.25, -0.2) is 4.63 Å². The van der Waals surface area contributed by atoms with Gasteiger partial charge in [0, 0.05) is 59.0 Å². The number of rotatable bonds is 5. The molecule has 3 heterocycles. The topological polar surface area (TPSA) is 57.9 Å². The summed E-state index contributed by atoms with van der Waals surface area (Å²) in [6, 6.07) is 10.7. The van der Waals surface area contributed by atoms with Crippen LogP contribution in [0.2, 0.25) is 0 Å². The summed E-state index contributed by atoms with van der Waals surface area (Å²) in [4.78, 5) is 7.31. The zero-order valence-electron chi connectivity index (χ0n) is 16.1. The molecule has 2 aromatic rings. The number of piperazine rings is 1. The summed E-state index contributed by atoms with van der Waals surface area (Å²) in [5.41, 5.74) is 2.25. The summed E-state index contributed by atoms with van der Waals surface area (Å²) in [6.45, 7) is 10.9. The van der Waals surface area contributed by atoms with Crippen molar-refractivity contribution in [1.29, 1.82) is 0 Å². The van der Waals surface area contributed by atoms with E-state index >= 15 is 0 Å². The zero-order valence-corrected chi connectivity index (χ0v) is 16.1. The first-order valence-electron chi connectivity index (χ1n) is 9.92. The van der Waals surface area contributed by atoms with Gasteiger partial charge in [-0.2, -0.15) is 0 Å². The number of nitrogens with zero attached hydrogens (tertiary/aromatic N) is 5. The maximum atomic E-state index is 6.16. The third-order valence-electron chi connectivity index (χ3n) is 5.45. The summed E-state index contributed by atoms with van der Waals surface area (Å²) in [5, 5.41) is 7.92. The average Bonchev–Trinajstić information content (AvgIpc) is 3.00. The first-order valence-corrected chi connectivity index (χ1v) is 9.92. The molecular formula is C20H29N5O2. The monoisotopic (exact) mass is 371 g/mol. The van der Waals surface area contributed by atoms with Crippen molar-refractivity contribution in [3.63, 3.8) is 0 Å². The zero-order chi connectivity index (χ0) is 18.5. The lowest BCUT2D eigenvalue weighted by Crippen LogP contribution is -2.50. The van der Waals surface area contributed by atoms with Gasteiger partial charge >= 0.3 is 0 Å². The van der Waals surface area contributed by atoms with Crippen molar-refractivity contribution >= 4 is 5.82 Å². The summed E-state index contributed by atoms with van der Waals surface area (Å²) >= 11 is 0. The fourth-order valence-corrected chi connectivity index (χ4v) is 4.01. The predicted octanol–water partition coefficient (Wildman–Crippen LogP) is 1.79. The van der Waals surface area contributed by atoms with Gasteiger partial charge in [0.05, 0.1) is 6.10 Å². The molecule has 0 amide bonds. The van der Waals surface area contributed by atoms with Crippen LogP contribution in [0.25, 0.3) is 0 Å². The van der Waals surface area contributed by atoms with E-state index in [-0.39, 0.29) is 6.10 Å². The van der Waals surface area contributed by atoms with E-state index in [4.69, 9.17) is 9.37 Å². The second kappa shape index (κ2) is 8.82. The van der Waals surface area contributed by atoms with E-state index in [2.05, 4.69) is 55.3 Å². The van der Waals surface area contributed by atoms with Crippen LogP contribution < -0.4 is 4.90 Å². The number of hydrogen-bond acceptors (Lipinski definition) is 7. The Balaban J connectivity index is 1.28. The van der Waals surface area contributed by atoms with Crippen LogP contribution in [0, 0.1) is 6.92 Å². The summed E-state index contributed by atoms with van der Waals surface area (Å²) < 4.78 is 11.0. The second-order valence-corrected chi connectivity index (χ2v) is 7.53. The van der Waals surface area contributed by atoms with Crippen LogP contribution in [0.4, 0.5) is 5.82 Å². The quantitative estimate of drug-likeness (QED) is 0.794. The van der Waals surface area contributed by atoms with Gasteiger partial charge < -0.3 is 9.64 Å². The molecule has 146 valence electrons. The number of aryl methyl sites for hydroxylation is 1. The molecule has 1 atom stereocenters. The normalized spacial score (nSPS) is 22.7. The highest BCUT2D eigenvalue weighted by atomic mass is 16.6. The average molecular weight is 371 g/mol. The number of hydrogen-bond donors (Lipinski definition) is 0. The molecule has 0 bridgehead atoms. The molecule has 7 heteroatoms. The molecule has 0 N–H and O–H groups in total. The molecule has 27 heavy (non-hydrogen) atoms. The fraction of sp³-hybridized carbons (Fsp3) is 0.600. The first-order chi connectivity index (χ1) is 13.3. The van der Waals surface area contributed by atoms with Crippen LogP contribution in [0.1, 0.15) is 17.7 Å². The highest BCUT2D eigenvalue weighted by Crippen LogP contribution is 2.18. The Morgan fingerprint density at radius 1 is 1.00 bits per heavy atom. The molecule has 4 rings (SSSR count). The summed E-state index contributed by atoms with van der Waals surface area (Å²) in [6.07, 6.45) is 1.38. The Kier molecular flexibility index (Phi) is 6.01. The van der Waals surface area contributed by atoms with E-state index in [1.165, 1.54) is 5.56 Å². The third kappa shape index (κ3) is 4.86. The number of benzene rings is 1. The van der Waals surface area contributed by atoms with Crippen molar-refractivity contribution in [2.45, 2.75) is 26.0 Å². The number of anilines is 1. The van der Waals surface area contributed by atoms with Gasteiger partial charge in [-0.1, -0.05) is 35.5 Å². The lowest BCUT2D eigenvalue weighted by Gasteiger charge is -2.36. The third-order valence-corrected chi connectivity index (χ3v) is 5.45. The van der Waals surface area contributed by atoms with Crippen LogP contribution in [-0.4, -0.2) is 78.6 Å². The van der Waals surface area contributed by atoms with Gasteiger partial charge in [0.15, 0.2) is 5.82 Å². The molecule has 0 radical (unpaired) electrons. The standard InChI is InChI=1S/C20H29N5O2/c1-17-20(22-27-21-17)25-11-9-23(10-12-25)15-19-16-24(8-5-13-26-19)14-18-6-3-2-4-7-18/h2-4,6-7,19H,5,8-16H2,1H3. The minimum Gasteiger partial charge on any atom is -0.376 e. The molecule has 2 aliphatic heterocycles. The minimum absolute atomic E-state index is 0.276. The summed E-state index contributed by atoms with van der Waals surface area (Å²) in [7, 11) is 0. The molecule has 1 aromatic carbocycles. The maximum absolute atomic E-state index is 6.16. The molecule has 0 aliphatic carbocycles. The predicted molar refractivity (Wildman–Crippen MR) is 104 cm³/mol. The highest BCUT2D eigenvalue weighted by Gasteiger charge is 2.25. The van der Waals surface area contributed by atoms with Crippen LogP contribution in [0.5, 0.6) is 0 Å². The molecular weight excluding hydrogens is 342 g/mol. The van der Waals surface area contributed by atoms with Crippen LogP contribution >= 0.6 is 0 Å². The molecule has 0 saturated carbocycles. The molecule has 2 fully saturated rings. The smallest absolute Gasteiger partial charge is 0.196 e. The van der Waals surface area contributed by atoms with Gasteiger partial charge in [0.2, 0.25) is 0 Å². The number of aromatic nitrogens is 2. The van der Waals surface area contributed by atoms with E-state index in [1.807, 2.05) is 6.92 Å². The van der Waals surface area contributed by atoms with Crippen molar-refractivity contribution in [1.82, 2.24) is 20.1 Å². The Morgan fingerprint density at radius 3 is 2.56 bits per heavy atom. The Hall–Kier alpha value is -1.96. The molecule has 2 aliphatic rings. The first kappa shape index (κ1) is 18.4. The summed E-state index contributed by atoms with van der Waals surface area (Å²) in [5.74, 6) is 0.884. The van der Waals surface area contributed by atoms with Crippen molar-refractivity contribution in [3.8, 4) is 0 Å². The van der Waals surface area contributed by atoms with Gasteiger partial charge in [-0.15, -0.1) is 0 Å². The van der Waals surface area contributed by atoms with E-state index in [1.54, 1.807) is 0 Å². The molecule has 0 spiro atoms. The van der Waals surface area contributed by atoms with Crippen LogP contribution in [0.15, 0.2) is 35.0 Å². The Morgan fingerprint density at radius 2 is 1.81 bits per heavy atom.